The van der Waals surface area contributed by atoms with Crippen LogP contribution in [-0.4, -0.2) is 63.2 Å². The fraction of sp³-hybridized carbons (Fsp3) is 0.458. The van der Waals surface area contributed by atoms with Crippen molar-refractivity contribution in [3.63, 3.8) is 0 Å². The van der Waals surface area contributed by atoms with Crippen LogP contribution in [0.3, 0.4) is 0 Å². The van der Waals surface area contributed by atoms with Gasteiger partial charge in [0.1, 0.15) is 0 Å². The summed E-state index contributed by atoms with van der Waals surface area (Å²) in [5.41, 5.74) is 3.60. The maximum absolute atomic E-state index is 12.8. The van der Waals surface area contributed by atoms with Gasteiger partial charge in [0.25, 0.3) is 0 Å². The fourth-order valence-electron chi connectivity index (χ4n) is 3.86. The average Bonchev–Trinajstić information content (AvgIpc) is 2.90. The van der Waals surface area contributed by atoms with Gasteiger partial charge in [-0.1, -0.05) is 30.3 Å². The molecule has 0 radical (unpaired) electrons. The summed E-state index contributed by atoms with van der Waals surface area (Å²) >= 11 is 0. The monoisotopic (exact) mass is 468 g/mol. The molecule has 0 aliphatic carbocycles. The van der Waals surface area contributed by atoms with Gasteiger partial charge in [-0.3, -0.25) is 4.79 Å². The van der Waals surface area contributed by atoms with Crippen LogP contribution in [0.15, 0.2) is 42.5 Å². The lowest BCUT2D eigenvalue weighted by Gasteiger charge is -2.22. The second-order valence-corrected chi connectivity index (χ2v) is 7.68. The molecule has 0 aromatic heterocycles. The molecule has 0 unspecified atom stereocenters. The molecule has 2 aromatic rings. The van der Waals surface area contributed by atoms with Gasteiger partial charge in [0.15, 0.2) is 11.5 Å². The van der Waals surface area contributed by atoms with E-state index in [0.29, 0.717) is 12.2 Å². The van der Waals surface area contributed by atoms with E-state index in [4.69, 9.17) is 9.47 Å². The lowest BCUT2D eigenvalue weighted by Crippen LogP contribution is -2.35. The maximum atomic E-state index is 12.8. The van der Waals surface area contributed by atoms with E-state index >= 15 is 0 Å². The molecule has 1 heterocycles. The van der Waals surface area contributed by atoms with E-state index in [1.54, 1.807) is 14.2 Å². The van der Waals surface area contributed by atoms with Gasteiger partial charge in [0.2, 0.25) is 5.91 Å². The standard InChI is InChI=1S/C24H32N2O3.2ClH/c1-25(14-10-19-8-5-4-6-9-19)12-7-13-26-15-11-20-16-22(28-2)23(29-3)17-21(20)18-24(26)27;;/h4-6,8-9,16-17H,7,10-15,18H2,1-3H3;2*1H. The highest BCUT2D eigenvalue weighted by Gasteiger charge is 2.22. The predicted octanol–water partition coefficient (Wildman–Crippen LogP) is 4.04. The number of carbonyl (C=O) groups is 1. The lowest BCUT2D eigenvalue weighted by molar-refractivity contribution is -0.130. The minimum Gasteiger partial charge on any atom is -0.493 e. The normalized spacial score (nSPS) is 13.0. The summed E-state index contributed by atoms with van der Waals surface area (Å²) in [5, 5.41) is 0. The van der Waals surface area contributed by atoms with Crippen molar-refractivity contribution in [3.8, 4) is 11.5 Å². The van der Waals surface area contributed by atoms with Crippen molar-refractivity contribution < 1.29 is 14.3 Å². The molecule has 2 aromatic carbocycles. The first-order valence-electron chi connectivity index (χ1n) is 10.3. The van der Waals surface area contributed by atoms with Crippen molar-refractivity contribution in [1.82, 2.24) is 9.80 Å². The molecule has 0 saturated carbocycles. The van der Waals surface area contributed by atoms with Crippen LogP contribution in [0.1, 0.15) is 23.1 Å². The first-order chi connectivity index (χ1) is 14.1. The molecule has 0 saturated heterocycles. The quantitative estimate of drug-likeness (QED) is 0.556. The van der Waals surface area contributed by atoms with Crippen LogP contribution in [0.4, 0.5) is 0 Å². The van der Waals surface area contributed by atoms with Crippen LogP contribution >= 0.6 is 24.8 Å². The number of nitrogens with zero attached hydrogens (tertiary/aromatic N) is 2. The molecule has 172 valence electrons. The lowest BCUT2D eigenvalue weighted by atomic mass is 10.0. The second-order valence-electron chi connectivity index (χ2n) is 7.68. The van der Waals surface area contributed by atoms with Gasteiger partial charge in [0.05, 0.1) is 20.6 Å². The Morgan fingerprint density at radius 1 is 0.968 bits per heavy atom. The molecule has 1 amide bonds. The minimum absolute atomic E-state index is 0. The first-order valence-corrected chi connectivity index (χ1v) is 10.3. The van der Waals surface area contributed by atoms with Crippen LogP contribution in [-0.2, 0) is 24.1 Å². The summed E-state index contributed by atoms with van der Waals surface area (Å²) in [4.78, 5) is 17.1. The smallest absolute Gasteiger partial charge is 0.227 e. The number of ether oxygens (including phenoxy) is 2. The number of likely N-dealkylation sites (N-methyl/N-ethyl adjacent to an activating group) is 1. The molecule has 1 aliphatic rings. The van der Waals surface area contributed by atoms with E-state index < -0.39 is 0 Å². The van der Waals surface area contributed by atoms with Gasteiger partial charge in [-0.2, -0.15) is 0 Å². The van der Waals surface area contributed by atoms with Crippen LogP contribution < -0.4 is 9.47 Å². The van der Waals surface area contributed by atoms with Gasteiger partial charge in [-0.05, 0) is 61.7 Å². The van der Waals surface area contributed by atoms with Gasteiger partial charge in [-0.15, -0.1) is 24.8 Å². The van der Waals surface area contributed by atoms with Crippen molar-refractivity contribution in [1.29, 1.82) is 0 Å². The summed E-state index contributed by atoms with van der Waals surface area (Å²) in [6.45, 7) is 3.58. The predicted molar refractivity (Wildman–Crippen MR) is 130 cm³/mol. The third-order valence-corrected chi connectivity index (χ3v) is 5.64. The largest absolute Gasteiger partial charge is 0.493 e. The number of benzene rings is 2. The Labute approximate surface area is 198 Å². The van der Waals surface area contributed by atoms with E-state index in [1.807, 2.05) is 17.0 Å². The minimum atomic E-state index is 0. The van der Waals surface area contributed by atoms with Gasteiger partial charge >= 0.3 is 0 Å². The SMILES string of the molecule is COc1cc2c(cc1OC)CC(=O)N(CCCN(C)CCc1ccccc1)CC2.Cl.Cl. The number of hydrogen-bond donors (Lipinski definition) is 0. The van der Waals surface area contributed by atoms with Crippen LogP contribution in [0.5, 0.6) is 11.5 Å². The summed E-state index contributed by atoms with van der Waals surface area (Å²) in [5.74, 6) is 1.61. The van der Waals surface area contributed by atoms with E-state index in [9.17, 15) is 4.79 Å². The number of methoxy groups -OCH3 is 2. The zero-order chi connectivity index (χ0) is 20.6. The van der Waals surface area contributed by atoms with Gasteiger partial charge < -0.3 is 19.3 Å². The Kier molecular flexibility index (Phi) is 11.8. The highest BCUT2D eigenvalue weighted by atomic mass is 35.5. The Hall–Kier alpha value is -1.95. The summed E-state index contributed by atoms with van der Waals surface area (Å²) in [7, 11) is 5.43. The number of rotatable bonds is 9. The average molecular weight is 469 g/mol. The molecular formula is C24H34Cl2N2O3. The van der Waals surface area contributed by atoms with Crippen LogP contribution in [0.2, 0.25) is 0 Å². The Bertz CT molecular complexity index is 818. The Morgan fingerprint density at radius 3 is 2.26 bits per heavy atom. The Balaban J connectivity index is 0.00000240. The number of amides is 1. The molecule has 3 rings (SSSR count). The third kappa shape index (κ3) is 7.60. The molecule has 31 heavy (non-hydrogen) atoms. The number of carbonyl (C=O) groups excluding carboxylic acids is 1. The van der Waals surface area contributed by atoms with E-state index in [1.165, 1.54) is 11.1 Å². The summed E-state index contributed by atoms with van der Waals surface area (Å²) in [6, 6.07) is 14.5. The molecule has 0 bridgehead atoms. The fourth-order valence-corrected chi connectivity index (χ4v) is 3.86. The van der Waals surface area contributed by atoms with E-state index in [-0.39, 0.29) is 30.7 Å². The zero-order valence-corrected chi connectivity index (χ0v) is 20.3. The molecule has 0 N–H and O–H groups in total. The van der Waals surface area contributed by atoms with Gasteiger partial charge in [-0.25, -0.2) is 0 Å². The summed E-state index contributed by atoms with van der Waals surface area (Å²) < 4.78 is 10.8. The molecule has 7 heteroatoms. The summed E-state index contributed by atoms with van der Waals surface area (Å²) in [6.07, 6.45) is 3.32. The highest BCUT2D eigenvalue weighted by Crippen LogP contribution is 2.32. The number of fused-ring (bicyclic) bond motifs is 1. The topological polar surface area (TPSA) is 42.0 Å². The van der Waals surface area contributed by atoms with Crippen molar-refractivity contribution in [2.75, 3.05) is 47.4 Å². The number of halogens is 2. The highest BCUT2D eigenvalue weighted by molar-refractivity contribution is 5.85. The molecule has 0 fully saturated rings. The third-order valence-electron chi connectivity index (χ3n) is 5.64. The van der Waals surface area contributed by atoms with Crippen molar-refractivity contribution in [2.24, 2.45) is 0 Å². The van der Waals surface area contributed by atoms with Gasteiger partial charge in [0, 0.05) is 19.6 Å². The van der Waals surface area contributed by atoms with E-state index in [0.717, 1.165) is 56.8 Å². The number of hydrogen-bond acceptors (Lipinski definition) is 4. The van der Waals surface area contributed by atoms with Crippen molar-refractivity contribution in [2.45, 2.75) is 25.7 Å². The molecule has 0 atom stereocenters. The van der Waals surface area contributed by atoms with E-state index in [2.05, 4.69) is 42.3 Å². The van der Waals surface area contributed by atoms with Crippen LogP contribution in [0, 0.1) is 0 Å². The maximum Gasteiger partial charge on any atom is 0.227 e. The Morgan fingerprint density at radius 2 is 1.61 bits per heavy atom. The zero-order valence-electron chi connectivity index (χ0n) is 18.6. The van der Waals surface area contributed by atoms with Crippen molar-refractivity contribution in [3.05, 3.63) is 59.2 Å². The molecule has 0 spiro atoms. The first kappa shape index (κ1) is 27.1. The molecular weight excluding hydrogens is 435 g/mol. The van der Waals surface area contributed by atoms with Crippen molar-refractivity contribution >= 4 is 30.7 Å². The molecule has 1 aliphatic heterocycles. The van der Waals surface area contributed by atoms with Crippen LogP contribution in [0.25, 0.3) is 0 Å². The molecule has 5 nitrogen and oxygen atoms in total. The second kappa shape index (κ2) is 13.5.